The molecule has 0 saturated carbocycles. The molecule has 2 fully saturated rings. The number of fused-ring (bicyclic) bond motifs is 1. The predicted octanol–water partition coefficient (Wildman–Crippen LogP) is 0.930. The van der Waals surface area contributed by atoms with E-state index in [0.717, 1.165) is 11.3 Å². The molecule has 0 bridgehead atoms. The summed E-state index contributed by atoms with van der Waals surface area (Å²) in [6.07, 6.45) is 0. The minimum atomic E-state index is -0.236. The van der Waals surface area contributed by atoms with E-state index >= 15 is 0 Å². The van der Waals surface area contributed by atoms with Crippen molar-refractivity contribution in [3.8, 4) is 0 Å². The fraction of sp³-hybridized carbons (Fsp3) is 0.385. The molecule has 3 rings (SSSR count). The number of benzene rings is 1. The Morgan fingerprint density at radius 3 is 2.78 bits per heavy atom. The molecule has 0 spiro atoms. The molecule has 2 aliphatic heterocycles. The first-order valence-corrected chi connectivity index (χ1v) is 7.11. The number of hydrogen-bond acceptors (Lipinski definition) is 3. The Morgan fingerprint density at radius 1 is 1.22 bits per heavy atom. The van der Waals surface area contributed by atoms with Crippen LogP contribution in [0.25, 0.3) is 0 Å². The van der Waals surface area contributed by atoms with Crippen molar-refractivity contribution in [2.24, 2.45) is 0 Å². The van der Waals surface area contributed by atoms with Gasteiger partial charge in [0.25, 0.3) is 0 Å². The van der Waals surface area contributed by atoms with Crippen molar-refractivity contribution in [2.45, 2.75) is 12.6 Å². The van der Waals surface area contributed by atoms with Crippen LogP contribution in [-0.4, -0.2) is 45.8 Å². The van der Waals surface area contributed by atoms with Gasteiger partial charge in [0.2, 0.25) is 11.8 Å². The van der Waals surface area contributed by atoms with Crippen LogP contribution in [0.2, 0.25) is 0 Å². The number of nitrogens with zero attached hydrogens (tertiary/aromatic N) is 2. The van der Waals surface area contributed by atoms with Gasteiger partial charge in [-0.1, -0.05) is 30.3 Å². The molecule has 2 heterocycles. The molecule has 1 aromatic rings. The zero-order valence-electron chi connectivity index (χ0n) is 9.91. The van der Waals surface area contributed by atoms with Gasteiger partial charge in [0.1, 0.15) is 12.6 Å². The molecule has 94 valence electrons. The second-order valence-corrected chi connectivity index (χ2v) is 5.56. The highest BCUT2D eigenvalue weighted by Crippen LogP contribution is 2.26. The monoisotopic (exact) mass is 262 g/mol. The summed E-state index contributed by atoms with van der Waals surface area (Å²) < 4.78 is 0. The summed E-state index contributed by atoms with van der Waals surface area (Å²) in [6, 6.07) is 9.57. The van der Waals surface area contributed by atoms with Crippen LogP contribution in [0.15, 0.2) is 30.3 Å². The fourth-order valence-electron chi connectivity index (χ4n) is 2.37. The van der Waals surface area contributed by atoms with E-state index in [1.807, 2.05) is 30.3 Å². The molecule has 1 atom stereocenters. The van der Waals surface area contributed by atoms with Crippen molar-refractivity contribution in [3.63, 3.8) is 0 Å². The molecule has 18 heavy (non-hydrogen) atoms. The van der Waals surface area contributed by atoms with Gasteiger partial charge in [0.05, 0.1) is 5.88 Å². The van der Waals surface area contributed by atoms with E-state index in [0.29, 0.717) is 12.4 Å². The first-order valence-electron chi connectivity index (χ1n) is 5.95. The molecule has 5 heteroatoms. The fourth-order valence-corrected chi connectivity index (χ4v) is 3.55. The van der Waals surface area contributed by atoms with E-state index in [4.69, 9.17) is 0 Å². The zero-order chi connectivity index (χ0) is 12.5. The van der Waals surface area contributed by atoms with Crippen LogP contribution in [0.4, 0.5) is 0 Å². The van der Waals surface area contributed by atoms with Crippen LogP contribution in [-0.2, 0) is 16.1 Å². The van der Waals surface area contributed by atoms with E-state index < -0.39 is 0 Å². The third-order valence-electron chi connectivity index (χ3n) is 3.34. The van der Waals surface area contributed by atoms with Gasteiger partial charge in [-0.25, -0.2) is 0 Å². The third kappa shape index (κ3) is 1.99. The lowest BCUT2D eigenvalue weighted by atomic mass is 10.1. The number of thioether (sulfide) groups is 1. The Kier molecular flexibility index (Phi) is 2.99. The minimum absolute atomic E-state index is 0.0699. The maximum Gasteiger partial charge on any atom is 0.247 e. The van der Waals surface area contributed by atoms with Crippen LogP contribution in [0.5, 0.6) is 0 Å². The van der Waals surface area contributed by atoms with Crippen molar-refractivity contribution in [2.75, 3.05) is 18.2 Å². The SMILES string of the molecule is O=C1C2CSCN2C(=O)CN1Cc1ccccc1. The zero-order valence-corrected chi connectivity index (χ0v) is 10.7. The highest BCUT2D eigenvalue weighted by molar-refractivity contribution is 7.99. The average Bonchev–Trinajstić information content (AvgIpc) is 2.87. The first-order chi connectivity index (χ1) is 8.75. The molecule has 0 aliphatic carbocycles. The summed E-state index contributed by atoms with van der Waals surface area (Å²) in [4.78, 5) is 27.6. The maximum absolute atomic E-state index is 12.3. The van der Waals surface area contributed by atoms with Gasteiger partial charge >= 0.3 is 0 Å². The van der Waals surface area contributed by atoms with Gasteiger partial charge in [-0.2, -0.15) is 0 Å². The van der Waals surface area contributed by atoms with Crippen molar-refractivity contribution in [1.82, 2.24) is 9.80 Å². The number of rotatable bonds is 2. The first kappa shape index (κ1) is 11.6. The van der Waals surface area contributed by atoms with Gasteiger partial charge in [0.15, 0.2) is 0 Å². The Labute approximate surface area is 110 Å². The van der Waals surface area contributed by atoms with Crippen LogP contribution < -0.4 is 0 Å². The van der Waals surface area contributed by atoms with Crippen molar-refractivity contribution in [1.29, 1.82) is 0 Å². The lowest BCUT2D eigenvalue weighted by molar-refractivity contribution is -0.153. The minimum Gasteiger partial charge on any atom is -0.327 e. The standard InChI is InChI=1S/C13H14N2O2S/c16-12-7-14(6-10-4-2-1-3-5-10)13(17)11-8-18-9-15(11)12/h1-5,11H,6-9H2. The van der Waals surface area contributed by atoms with Crippen LogP contribution in [0.1, 0.15) is 5.56 Å². The lowest BCUT2D eigenvalue weighted by Gasteiger charge is -2.35. The van der Waals surface area contributed by atoms with Crippen molar-refractivity contribution in [3.05, 3.63) is 35.9 Å². The summed E-state index contributed by atoms with van der Waals surface area (Å²) in [6.45, 7) is 0.741. The molecular formula is C13H14N2O2S. The number of amides is 2. The normalized spacial score (nSPS) is 23.4. The molecular weight excluding hydrogens is 248 g/mol. The Bertz CT molecular complexity index is 477. The Morgan fingerprint density at radius 2 is 2.00 bits per heavy atom. The van der Waals surface area contributed by atoms with Gasteiger partial charge in [0, 0.05) is 12.3 Å². The summed E-state index contributed by atoms with van der Waals surface area (Å²) in [7, 11) is 0. The van der Waals surface area contributed by atoms with E-state index in [9.17, 15) is 9.59 Å². The number of carbonyl (C=O) groups is 2. The van der Waals surface area contributed by atoms with Gasteiger partial charge in [-0.3, -0.25) is 9.59 Å². The van der Waals surface area contributed by atoms with E-state index in [1.54, 1.807) is 21.6 Å². The van der Waals surface area contributed by atoms with Crippen molar-refractivity contribution >= 4 is 23.6 Å². The van der Waals surface area contributed by atoms with Crippen LogP contribution >= 0.6 is 11.8 Å². The van der Waals surface area contributed by atoms with E-state index in [2.05, 4.69) is 0 Å². The second-order valence-electron chi connectivity index (χ2n) is 4.56. The van der Waals surface area contributed by atoms with Gasteiger partial charge in [-0.15, -0.1) is 11.8 Å². The summed E-state index contributed by atoms with van der Waals surface area (Å²) in [5.74, 6) is 1.55. The molecule has 1 unspecified atom stereocenters. The molecule has 2 amide bonds. The second kappa shape index (κ2) is 4.65. The number of hydrogen-bond donors (Lipinski definition) is 0. The molecule has 2 saturated heterocycles. The number of carbonyl (C=O) groups excluding carboxylic acids is 2. The molecule has 0 N–H and O–H groups in total. The molecule has 0 aromatic heterocycles. The number of piperazine rings is 1. The van der Waals surface area contributed by atoms with Gasteiger partial charge in [-0.05, 0) is 5.56 Å². The van der Waals surface area contributed by atoms with Crippen LogP contribution in [0, 0.1) is 0 Å². The highest BCUT2D eigenvalue weighted by Gasteiger charge is 2.42. The summed E-state index contributed by atoms with van der Waals surface area (Å²) in [5, 5.41) is 0. The summed E-state index contributed by atoms with van der Waals surface area (Å²) in [5.41, 5.74) is 1.07. The Balaban J connectivity index is 1.77. The highest BCUT2D eigenvalue weighted by atomic mass is 32.2. The maximum atomic E-state index is 12.3. The topological polar surface area (TPSA) is 40.6 Å². The molecule has 4 nitrogen and oxygen atoms in total. The van der Waals surface area contributed by atoms with Crippen LogP contribution in [0.3, 0.4) is 0 Å². The lowest BCUT2D eigenvalue weighted by Crippen LogP contribution is -2.57. The van der Waals surface area contributed by atoms with Crippen molar-refractivity contribution < 1.29 is 9.59 Å². The largest absolute Gasteiger partial charge is 0.327 e. The smallest absolute Gasteiger partial charge is 0.247 e. The third-order valence-corrected chi connectivity index (χ3v) is 4.35. The quantitative estimate of drug-likeness (QED) is 0.796. The van der Waals surface area contributed by atoms with E-state index in [1.165, 1.54) is 0 Å². The molecule has 1 aromatic carbocycles. The summed E-state index contributed by atoms with van der Waals surface area (Å²) >= 11 is 1.65. The average molecular weight is 262 g/mol. The molecule has 2 aliphatic rings. The molecule has 0 radical (unpaired) electrons. The van der Waals surface area contributed by atoms with Gasteiger partial charge < -0.3 is 9.80 Å². The van der Waals surface area contributed by atoms with E-state index in [-0.39, 0.29) is 24.4 Å². The Hall–Kier alpha value is -1.49. The predicted molar refractivity (Wildman–Crippen MR) is 69.8 cm³/mol.